The van der Waals surface area contributed by atoms with Gasteiger partial charge in [-0.15, -0.1) is 5.10 Å². The molecule has 9 heteroatoms. The predicted octanol–water partition coefficient (Wildman–Crippen LogP) is 2.34. The van der Waals surface area contributed by atoms with E-state index in [1.54, 1.807) is 0 Å². The van der Waals surface area contributed by atoms with Crippen LogP contribution in [0.4, 0.5) is 0 Å². The summed E-state index contributed by atoms with van der Waals surface area (Å²) >= 11 is 7.36. The van der Waals surface area contributed by atoms with Crippen LogP contribution in [0.1, 0.15) is 24.4 Å². The van der Waals surface area contributed by atoms with Gasteiger partial charge in [-0.2, -0.15) is 0 Å². The maximum absolute atomic E-state index is 12.8. The molecule has 1 aromatic carbocycles. The average Bonchev–Trinajstić information content (AvgIpc) is 3.36. The van der Waals surface area contributed by atoms with Gasteiger partial charge in [0.2, 0.25) is 11.1 Å². The lowest BCUT2D eigenvalue weighted by molar-refractivity contribution is -0.129. The van der Waals surface area contributed by atoms with Crippen molar-refractivity contribution in [2.75, 3.05) is 32.9 Å². The zero-order chi connectivity index (χ0) is 18.5. The summed E-state index contributed by atoms with van der Waals surface area (Å²) in [5.41, 5.74) is 1.06. The van der Waals surface area contributed by atoms with Crippen LogP contribution in [0.2, 0.25) is 5.02 Å². The number of halogens is 1. The van der Waals surface area contributed by atoms with Crippen LogP contribution in [0.15, 0.2) is 29.4 Å². The quantitative estimate of drug-likeness (QED) is 0.608. The van der Waals surface area contributed by atoms with Crippen LogP contribution < -0.4 is 0 Å². The third-order valence-electron chi connectivity index (χ3n) is 4.14. The van der Waals surface area contributed by atoms with Gasteiger partial charge in [0, 0.05) is 24.7 Å². The summed E-state index contributed by atoms with van der Waals surface area (Å²) in [6.07, 6.45) is 2.22. The number of tetrazole rings is 1. The summed E-state index contributed by atoms with van der Waals surface area (Å²) in [5.74, 6) is 0.408. The van der Waals surface area contributed by atoms with Crippen LogP contribution in [0, 0.1) is 0 Å². The Morgan fingerprint density at radius 3 is 2.65 bits per heavy atom. The number of aromatic nitrogens is 4. The van der Waals surface area contributed by atoms with Crippen molar-refractivity contribution in [3.05, 3.63) is 34.9 Å². The maximum Gasteiger partial charge on any atom is 0.233 e. The van der Waals surface area contributed by atoms with Crippen LogP contribution in [-0.2, 0) is 11.3 Å². The van der Waals surface area contributed by atoms with Gasteiger partial charge in [0.15, 0.2) is 0 Å². The molecule has 1 amide bonds. The second kappa shape index (κ2) is 8.83. The minimum atomic E-state index is 0.0807. The lowest BCUT2D eigenvalue weighted by atomic mass is 10.2. The number of carbonyl (C=O) groups excluding carboxylic acids is 1. The molecule has 140 valence electrons. The first kappa shape index (κ1) is 19.1. The van der Waals surface area contributed by atoms with Crippen LogP contribution >= 0.6 is 23.4 Å². The molecule has 0 N–H and O–H groups in total. The second-order valence-corrected chi connectivity index (χ2v) is 8.05. The zero-order valence-corrected chi connectivity index (χ0v) is 16.6. The topological polar surface area (TPSA) is 67.2 Å². The van der Waals surface area contributed by atoms with Crippen LogP contribution in [-0.4, -0.2) is 68.9 Å². The molecule has 7 nitrogen and oxygen atoms in total. The molecule has 0 unspecified atom stereocenters. The molecule has 1 aliphatic rings. The number of benzene rings is 1. The molecule has 3 rings (SSSR count). The molecule has 0 bridgehead atoms. The second-order valence-electron chi connectivity index (χ2n) is 6.67. The number of hydrogen-bond acceptors (Lipinski definition) is 6. The highest BCUT2D eigenvalue weighted by atomic mass is 35.5. The molecule has 0 radical (unpaired) electrons. The fourth-order valence-corrected chi connectivity index (χ4v) is 3.44. The van der Waals surface area contributed by atoms with Gasteiger partial charge in [-0.25, -0.2) is 4.68 Å². The number of likely N-dealkylation sites (N-methyl/N-ethyl adjacent to an activating group) is 1. The molecule has 1 aromatic heterocycles. The first-order valence-electron chi connectivity index (χ1n) is 8.60. The number of rotatable bonds is 9. The van der Waals surface area contributed by atoms with E-state index in [-0.39, 0.29) is 5.91 Å². The smallest absolute Gasteiger partial charge is 0.233 e. The van der Waals surface area contributed by atoms with E-state index >= 15 is 0 Å². The van der Waals surface area contributed by atoms with E-state index in [0.717, 1.165) is 30.1 Å². The highest BCUT2D eigenvalue weighted by Gasteiger charge is 2.28. The van der Waals surface area contributed by atoms with E-state index in [1.807, 2.05) is 47.9 Å². The highest BCUT2D eigenvalue weighted by Crippen LogP contribution is 2.36. The number of amides is 1. The molecule has 0 aliphatic heterocycles. The summed E-state index contributed by atoms with van der Waals surface area (Å²) in [7, 11) is 4.01. The molecule has 26 heavy (non-hydrogen) atoms. The van der Waals surface area contributed by atoms with Gasteiger partial charge in [0.25, 0.3) is 0 Å². The largest absolute Gasteiger partial charge is 0.336 e. The predicted molar refractivity (Wildman–Crippen MR) is 102 cm³/mol. The van der Waals surface area contributed by atoms with Gasteiger partial charge < -0.3 is 9.80 Å². The Morgan fingerprint density at radius 2 is 2.00 bits per heavy atom. The van der Waals surface area contributed by atoms with Crippen LogP contribution in [0.25, 0.3) is 0 Å². The van der Waals surface area contributed by atoms with Crippen molar-refractivity contribution in [2.24, 2.45) is 0 Å². The molecule has 1 aliphatic carbocycles. The number of hydrogen-bond donors (Lipinski definition) is 0. The molecule has 1 fully saturated rings. The van der Waals surface area contributed by atoms with E-state index in [1.165, 1.54) is 11.8 Å². The fraction of sp³-hybridized carbons (Fsp3) is 0.529. The third-order valence-corrected chi connectivity index (χ3v) is 5.31. The monoisotopic (exact) mass is 394 g/mol. The average molecular weight is 395 g/mol. The summed E-state index contributed by atoms with van der Waals surface area (Å²) in [6, 6.07) is 8.02. The lowest BCUT2D eigenvalue weighted by Crippen LogP contribution is -2.37. The first-order valence-corrected chi connectivity index (χ1v) is 9.97. The van der Waals surface area contributed by atoms with Crippen molar-refractivity contribution in [1.29, 1.82) is 0 Å². The number of carbonyl (C=O) groups is 1. The number of thioether (sulfide) groups is 1. The van der Waals surface area contributed by atoms with E-state index in [9.17, 15) is 4.79 Å². The van der Waals surface area contributed by atoms with Gasteiger partial charge >= 0.3 is 0 Å². The SMILES string of the molecule is CN(C)CCN(Cc1ccc(Cl)cc1)C(=O)CSc1nnnn1C1CC1. The fourth-order valence-electron chi connectivity index (χ4n) is 2.47. The minimum Gasteiger partial charge on any atom is -0.336 e. The van der Waals surface area contributed by atoms with Crippen molar-refractivity contribution in [1.82, 2.24) is 30.0 Å². The van der Waals surface area contributed by atoms with E-state index in [0.29, 0.717) is 29.9 Å². The Labute approximate surface area is 162 Å². The lowest BCUT2D eigenvalue weighted by Gasteiger charge is -2.24. The molecular formula is C17H23ClN6OS. The van der Waals surface area contributed by atoms with Crippen molar-refractivity contribution in [3.63, 3.8) is 0 Å². The summed E-state index contributed by atoms with van der Waals surface area (Å²) in [6.45, 7) is 2.05. The third kappa shape index (κ3) is 5.43. The zero-order valence-electron chi connectivity index (χ0n) is 15.0. The Balaban J connectivity index is 1.61. The van der Waals surface area contributed by atoms with E-state index < -0.39 is 0 Å². The molecule has 0 saturated heterocycles. The Hall–Kier alpha value is -1.64. The molecule has 2 aromatic rings. The molecular weight excluding hydrogens is 372 g/mol. The van der Waals surface area contributed by atoms with Gasteiger partial charge in [0.1, 0.15) is 0 Å². The first-order chi connectivity index (χ1) is 12.5. The van der Waals surface area contributed by atoms with Gasteiger partial charge in [-0.1, -0.05) is 35.5 Å². The Kier molecular flexibility index (Phi) is 6.50. The van der Waals surface area contributed by atoms with Crippen LogP contribution in [0.3, 0.4) is 0 Å². The Morgan fingerprint density at radius 1 is 1.27 bits per heavy atom. The summed E-state index contributed by atoms with van der Waals surface area (Å²) in [4.78, 5) is 16.8. The maximum atomic E-state index is 12.8. The van der Waals surface area contributed by atoms with Crippen LogP contribution in [0.5, 0.6) is 0 Å². The summed E-state index contributed by atoms with van der Waals surface area (Å²) < 4.78 is 1.83. The van der Waals surface area contributed by atoms with Gasteiger partial charge in [-0.3, -0.25) is 4.79 Å². The highest BCUT2D eigenvalue weighted by molar-refractivity contribution is 7.99. The van der Waals surface area contributed by atoms with Gasteiger partial charge in [-0.05, 0) is 55.1 Å². The van der Waals surface area contributed by atoms with E-state index in [2.05, 4.69) is 20.4 Å². The molecule has 1 heterocycles. The molecule has 1 saturated carbocycles. The summed E-state index contributed by atoms with van der Waals surface area (Å²) in [5, 5.41) is 13.2. The molecule has 0 atom stereocenters. The van der Waals surface area contributed by atoms with Crippen molar-refractivity contribution in [3.8, 4) is 0 Å². The standard InChI is InChI=1S/C17H23ClN6OS/c1-22(2)9-10-23(11-13-3-5-14(18)6-4-13)16(25)12-26-17-19-20-21-24(17)15-7-8-15/h3-6,15H,7-12H2,1-2H3. The van der Waals surface area contributed by atoms with Crippen molar-refractivity contribution in [2.45, 2.75) is 30.6 Å². The Bertz CT molecular complexity index is 731. The normalized spacial score (nSPS) is 14.0. The molecule has 0 spiro atoms. The minimum absolute atomic E-state index is 0.0807. The number of nitrogens with zero attached hydrogens (tertiary/aromatic N) is 6. The van der Waals surface area contributed by atoms with Crippen molar-refractivity contribution < 1.29 is 4.79 Å². The van der Waals surface area contributed by atoms with Gasteiger partial charge in [0.05, 0.1) is 11.8 Å². The van der Waals surface area contributed by atoms with Crippen molar-refractivity contribution >= 4 is 29.3 Å². The van der Waals surface area contributed by atoms with E-state index in [4.69, 9.17) is 11.6 Å².